The van der Waals surface area contributed by atoms with E-state index >= 15 is 0 Å². The summed E-state index contributed by atoms with van der Waals surface area (Å²) in [4.78, 5) is 15.2. The lowest BCUT2D eigenvalue weighted by atomic mass is 9.90. The van der Waals surface area contributed by atoms with E-state index in [1.54, 1.807) is 19.2 Å². The van der Waals surface area contributed by atoms with Crippen molar-refractivity contribution in [1.29, 1.82) is 0 Å². The van der Waals surface area contributed by atoms with Crippen molar-refractivity contribution in [3.05, 3.63) is 101 Å². The molecule has 0 aliphatic carbocycles. The van der Waals surface area contributed by atoms with Crippen molar-refractivity contribution in [3.63, 3.8) is 0 Å². The Kier molecular flexibility index (Phi) is 9.06. The highest BCUT2D eigenvalue weighted by Gasteiger charge is 2.40. The number of anilines is 1. The van der Waals surface area contributed by atoms with Gasteiger partial charge in [0, 0.05) is 42.4 Å². The fourth-order valence-corrected chi connectivity index (χ4v) is 5.63. The molecule has 2 aliphatic rings. The zero-order valence-corrected chi connectivity index (χ0v) is 22.7. The summed E-state index contributed by atoms with van der Waals surface area (Å²) < 4.78 is 18.8. The van der Waals surface area contributed by atoms with E-state index < -0.39 is 6.29 Å². The minimum atomic E-state index is -0.592. The summed E-state index contributed by atoms with van der Waals surface area (Å²) in [5, 5.41) is 12.5. The van der Waals surface area contributed by atoms with Crippen molar-refractivity contribution in [2.75, 3.05) is 32.1 Å². The molecule has 2 saturated heterocycles. The molecule has 3 aromatic carbocycles. The van der Waals surface area contributed by atoms with Crippen molar-refractivity contribution in [3.8, 4) is 0 Å². The summed E-state index contributed by atoms with van der Waals surface area (Å²) in [5.74, 6) is -0.0595. The number of likely N-dealkylation sites (tertiary alicyclic amines) is 1. The van der Waals surface area contributed by atoms with E-state index in [1.165, 1.54) is 0 Å². The summed E-state index contributed by atoms with van der Waals surface area (Å²) >= 11 is 0. The Morgan fingerprint density at radius 3 is 2.56 bits per heavy atom. The van der Waals surface area contributed by atoms with Crippen LogP contribution in [0.15, 0.2) is 78.9 Å². The second-order valence-corrected chi connectivity index (χ2v) is 10.5. The molecule has 0 spiro atoms. The van der Waals surface area contributed by atoms with Crippen LogP contribution in [0.1, 0.15) is 59.2 Å². The zero-order chi connectivity index (χ0) is 27.2. The first-order valence-corrected chi connectivity index (χ1v) is 13.8. The molecule has 0 unspecified atom stereocenters. The summed E-state index contributed by atoms with van der Waals surface area (Å²) in [6.45, 7) is 4.74. The number of amides is 1. The van der Waals surface area contributed by atoms with Gasteiger partial charge in [-0.3, -0.25) is 9.69 Å². The van der Waals surface area contributed by atoms with Gasteiger partial charge in [0.15, 0.2) is 6.29 Å². The topological polar surface area (TPSA) is 80.3 Å². The fraction of sp³-hybridized carbons (Fsp3) is 0.406. The maximum atomic E-state index is 12.8. The Morgan fingerprint density at radius 1 is 1.03 bits per heavy atom. The largest absolute Gasteiger partial charge is 0.392 e. The lowest BCUT2D eigenvalue weighted by molar-refractivity contribution is -0.276. The third-order valence-electron chi connectivity index (χ3n) is 7.85. The Hall–Kier alpha value is -3.07. The Morgan fingerprint density at radius 2 is 1.82 bits per heavy atom. The highest BCUT2D eigenvalue weighted by molar-refractivity contribution is 6.04. The van der Waals surface area contributed by atoms with Crippen LogP contribution >= 0.6 is 0 Å². The number of nitrogens with zero attached hydrogens (tertiary/aromatic N) is 1. The quantitative estimate of drug-likeness (QED) is 0.389. The zero-order valence-electron chi connectivity index (χ0n) is 22.7. The number of carbonyl (C=O) groups is 1. The number of methoxy groups -OCH3 is 1. The van der Waals surface area contributed by atoms with Gasteiger partial charge in [-0.1, -0.05) is 61.5 Å². The predicted octanol–water partition coefficient (Wildman–Crippen LogP) is 5.33. The lowest BCUT2D eigenvalue weighted by Gasteiger charge is -2.43. The first kappa shape index (κ1) is 27.5. The van der Waals surface area contributed by atoms with Crippen LogP contribution in [0, 0.1) is 5.92 Å². The molecule has 7 nitrogen and oxygen atoms in total. The van der Waals surface area contributed by atoms with Gasteiger partial charge in [0.05, 0.1) is 25.4 Å². The highest BCUT2D eigenvalue weighted by Crippen LogP contribution is 2.42. The number of carbonyl (C=O) groups excluding carboxylic acids is 1. The lowest BCUT2D eigenvalue weighted by Crippen LogP contribution is -2.46. The molecule has 2 aliphatic heterocycles. The monoisotopic (exact) mass is 530 g/mol. The van der Waals surface area contributed by atoms with Crippen LogP contribution in [0.3, 0.4) is 0 Å². The van der Waals surface area contributed by atoms with E-state index in [-0.39, 0.29) is 30.6 Å². The van der Waals surface area contributed by atoms with Gasteiger partial charge in [-0.15, -0.1) is 0 Å². The molecule has 2 fully saturated rings. The second-order valence-electron chi connectivity index (χ2n) is 10.5. The van der Waals surface area contributed by atoms with E-state index in [0.29, 0.717) is 17.3 Å². The Labute approximate surface area is 230 Å². The fourth-order valence-electron chi connectivity index (χ4n) is 5.63. The third kappa shape index (κ3) is 6.57. The number of hydrogen-bond donors (Lipinski definition) is 2. The average Bonchev–Trinajstić information content (AvgIpc) is 3.41. The van der Waals surface area contributed by atoms with Gasteiger partial charge < -0.3 is 24.6 Å². The molecule has 0 bridgehead atoms. The minimum absolute atomic E-state index is 0.00700. The first-order chi connectivity index (χ1) is 19.1. The van der Waals surface area contributed by atoms with Crippen LogP contribution in [0.2, 0.25) is 0 Å². The maximum absolute atomic E-state index is 12.8. The summed E-state index contributed by atoms with van der Waals surface area (Å²) in [6, 6.07) is 25.2. The molecule has 3 aromatic rings. The summed E-state index contributed by atoms with van der Waals surface area (Å²) in [6.07, 6.45) is 1.44. The van der Waals surface area contributed by atoms with Gasteiger partial charge in [-0.05, 0) is 54.8 Å². The molecular formula is C32H38N2O5. The van der Waals surface area contributed by atoms with Gasteiger partial charge >= 0.3 is 0 Å². The maximum Gasteiger partial charge on any atom is 0.255 e. The molecule has 7 heteroatoms. The van der Waals surface area contributed by atoms with Crippen LogP contribution in [0.5, 0.6) is 0 Å². The molecule has 0 radical (unpaired) electrons. The number of rotatable bonds is 9. The number of ether oxygens (including phenoxy) is 3. The molecule has 0 aromatic heterocycles. The predicted molar refractivity (Wildman–Crippen MR) is 150 cm³/mol. The van der Waals surface area contributed by atoms with E-state index in [1.807, 2.05) is 66.7 Å². The standard InChI is InChI=1S/C32H38N2O5/c1-22-29(19-34-17-7-12-28(34)21-37-2)38-32(39-30(22)24-15-13-23(20-35)14-16-24)26-10-6-11-27(18-26)33-31(36)25-8-4-3-5-9-25/h3-6,8-11,13-16,18,22,28-30,32,35H,7,12,17,19-21H2,1-2H3,(H,33,36)/t22-,28-,29+,30+,32+/m0/s1. The van der Waals surface area contributed by atoms with Crippen LogP contribution < -0.4 is 5.32 Å². The molecule has 2 heterocycles. The number of aliphatic hydroxyl groups excluding tert-OH is 1. The normalized spacial score (nSPS) is 25.5. The van der Waals surface area contributed by atoms with E-state index in [4.69, 9.17) is 14.2 Å². The molecule has 5 rings (SSSR count). The van der Waals surface area contributed by atoms with Crippen LogP contribution in [0.25, 0.3) is 0 Å². The third-order valence-corrected chi connectivity index (χ3v) is 7.85. The Bertz CT molecular complexity index is 1220. The van der Waals surface area contributed by atoms with Crippen molar-refractivity contribution < 1.29 is 24.1 Å². The molecule has 39 heavy (non-hydrogen) atoms. The molecule has 206 valence electrons. The van der Waals surface area contributed by atoms with Gasteiger partial charge in [0.25, 0.3) is 5.91 Å². The number of aliphatic hydroxyl groups is 1. The summed E-state index contributed by atoms with van der Waals surface area (Å²) in [7, 11) is 1.76. The highest BCUT2D eigenvalue weighted by atomic mass is 16.7. The molecule has 2 N–H and O–H groups in total. The van der Waals surface area contributed by atoms with Crippen LogP contribution in [-0.2, 0) is 20.8 Å². The van der Waals surface area contributed by atoms with Gasteiger partial charge in [0.2, 0.25) is 0 Å². The van der Waals surface area contributed by atoms with Crippen LogP contribution in [-0.4, -0.2) is 54.9 Å². The minimum Gasteiger partial charge on any atom is -0.392 e. The van der Waals surface area contributed by atoms with Crippen molar-refractivity contribution in [2.24, 2.45) is 5.92 Å². The SMILES string of the molecule is COC[C@@H]1CCCN1C[C@H]1O[C@@H](c2cccc(NC(=O)c3ccccc3)c2)O[C@@H](c2ccc(CO)cc2)[C@H]1C. The smallest absolute Gasteiger partial charge is 0.255 e. The van der Waals surface area contributed by atoms with E-state index in [9.17, 15) is 9.90 Å². The van der Waals surface area contributed by atoms with Crippen molar-refractivity contribution in [2.45, 2.75) is 50.9 Å². The molecule has 0 saturated carbocycles. The summed E-state index contributed by atoms with van der Waals surface area (Å²) in [5.41, 5.74) is 4.07. The first-order valence-electron chi connectivity index (χ1n) is 13.8. The number of benzene rings is 3. The van der Waals surface area contributed by atoms with E-state index in [2.05, 4.69) is 17.1 Å². The molecular weight excluding hydrogens is 492 g/mol. The van der Waals surface area contributed by atoms with Gasteiger partial charge in [-0.25, -0.2) is 0 Å². The van der Waals surface area contributed by atoms with Crippen molar-refractivity contribution in [1.82, 2.24) is 4.90 Å². The van der Waals surface area contributed by atoms with E-state index in [0.717, 1.165) is 49.2 Å². The second kappa shape index (κ2) is 12.9. The number of hydrogen-bond acceptors (Lipinski definition) is 6. The van der Waals surface area contributed by atoms with Gasteiger partial charge in [0.1, 0.15) is 0 Å². The van der Waals surface area contributed by atoms with Gasteiger partial charge in [-0.2, -0.15) is 0 Å². The molecule has 5 atom stereocenters. The average molecular weight is 531 g/mol. The van der Waals surface area contributed by atoms with Crippen LogP contribution in [0.4, 0.5) is 5.69 Å². The Balaban J connectivity index is 1.39. The number of nitrogens with one attached hydrogen (secondary N) is 1. The van der Waals surface area contributed by atoms with Crippen molar-refractivity contribution >= 4 is 11.6 Å². The molecule has 1 amide bonds.